The highest BCUT2D eigenvalue weighted by atomic mass is 32.2. The average Bonchev–Trinajstić information content (AvgIpc) is 3.11. The van der Waals surface area contributed by atoms with Crippen LogP contribution in [-0.2, 0) is 21.2 Å². The lowest BCUT2D eigenvalue weighted by Crippen LogP contribution is -2.51. The van der Waals surface area contributed by atoms with E-state index < -0.39 is 10.0 Å². The fraction of sp³-hybridized carbons (Fsp3) is 0.526. The van der Waals surface area contributed by atoms with Crippen LogP contribution in [0.2, 0.25) is 0 Å². The molecule has 1 aliphatic rings. The maximum atomic E-state index is 13.2. The number of aromatic amines is 1. The van der Waals surface area contributed by atoms with Crippen LogP contribution in [0, 0.1) is 5.41 Å². The Morgan fingerprint density at radius 2 is 1.92 bits per heavy atom. The molecule has 0 bridgehead atoms. The Morgan fingerprint density at radius 3 is 2.50 bits per heavy atom. The molecule has 2 aromatic rings. The van der Waals surface area contributed by atoms with Gasteiger partial charge in [0.2, 0.25) is 0 Å². The molecule has 0 unspecified atom stereocenters. The van der Waals surface area contributed by atoms with Crippen molar-refractivity contribution in [3.63, 3.8) is 0 Å². The molecule has 26 heavy (non-hydrogen) atoms. The van der Waals surface area contributed by atoms with Crippen LogP contribution in [0.3, 0.4) is 0 Å². The minimum atomic E-state index is -3.65. The molecule has 2 heterocycles. The predicted molar refractivity (Wildman–Crippen MR) is 100 cm³/mol. The molecule has 1 fully saturated rings. The number of imidazole rings is 1. The van der Waals surface area contributed by atoms with Gasteiger partial charge in [0.1, 0.15) is 5.82 Å². The maximum Gasteiger partial charge on any atom is 0.260 e. The van der Waals surface area contributed by atoms with Crippen LogP contribution in [0.15, 0.2) is 41.6 Å². The first kappa shape index (κ1) is 19.1. The summed E-state index contributed by atoms with van der Waals surface area (Å²) in [6.07, 6.45) is 1.57. The Balaban J connectivity index is 1.94. The maximum absolute atomic E-state index is 13.2. The molecule has 1 aromatic carbocycles. The van der Waals surface area contributed by atoms with Gasteiger partial charge < -0.3 is 9.72 Å². The summed E-state index contributed by atoms with van der Waals surface area (Å²) < 4.78 is 34.1. The van der Waals surface area contributed by atoms with E-state index in [2.05, 4.69) is 30.7 Å². The second kappa shape index (κ2) is 7.13. The van der Waals surface area contributed by atoms with Gasteiger partial charge >= 0.3 is 0 Å². The van der Waals surface area contributed by atoms with E-state index in [9.17, 15) is 8.42 Å². The predicted octanol–water partition coefficient (Wildman–Crippen LogP) is 3.15. The zero-order valence-electron chi connectivity index (χ0n) is 15.8. The zero-order valence-corrected chi connectivity index (χ0v) is 16.6. The molecular formula is C19H27N3O3S. The number of nitrogens with zero attached hydrogens (tertiary/aromatic N) is 2. The number of ether oxygens (including phenoxy) is 1. The summed E-state index contributed by atoms with van der Waals surface area (Å²) in [5.74, 6) is 0.670. The fourth-order valence-corrected chi connectivity index (χ4v) is 4.42. The Morgan fingerprint density at radius 1 is 1.23 bits per heavy atom. The lowest BCUT2D eigenvalue weighted by molar-refractivity contribution is -0.110. The summed E-state index contributed by atoms with van der Waals surface area (Å²) in [6, 6.07) is 9.79. The van der Waals surface area contributed by atoms with Crippen LogP contribution in [0.5, 0.6) is 0 Å². The van der Waals surface area contributed by atoms with Crippen LogP contribution in [0.4, 0.5) is 0 Å². The highest BCUT2D eigenvalue weighted by molar-refractivity contribution is 7.89. The first-order valence-electron chi connectivity index (χ1n) is 8.96. The van der Waals surface area contributed by atoms with Gasteiger partial charge in [0.15, 0.2) is 5.03 Å². The average molecular weight is 378 g/mol. The van der Waals surface area contributed by atoms with E-state index in [-0.39, 0.29) is 22.6 Å². The van der Waals surface area contributed by atoms with Crippen LogP contribution < -0.4 is 0 Å². The summed E-state index contributed by atoms with van der Waals surface area (Å²) >= 11 is 0. The quantitative estimate of drug-likeness (QED) is 0.888. The van der Waals surface area contributed by atoms with Crippen LogP contribution in [0.1, 0.15) is 45.2 Å². The molecule has 1 aliphatic heterocycles. The molecule has 0 amide bonds. The van der Waals surface area contributed by atoms with Crippen molar-refractivity contribution < 1.29 is 13.2 Å². The molecule has 0 aliphatic carbocycles. The molecule has 0 saturated carbocycles. The van der Waals surface area contributed by atoms with Gasteiger partial charge in [0.25, 0.3) is 10.0 Å². The van der Waals surface area contributed by atoms with Crippen molar-refractivity contribution in [1.82, 2.24) is 14.3 Å². The summed E-state index contributed by atoms with van der Waals surface area (Å²) in [5, 5.41) is 0.149. The van der Waals surface area contributed by atoms with E-state index in [0.717, 1.165) is 5.56 Å². The lowest BCUT2D eigenvalue weighted by atomic mass is 9.87. The summed E-state index contributed by atoms with van der Waals surface area (Å²) in [5.41, 5.74) is 0.810. The number of aromatic nitrogens is 2. The van der Waals surface area contributed by atoms with Gasteiger partial charge in [-0.1, -0.05) is 58.0 Å². The molecular weight excluding hydrogens is 350 g/mol. The second-order valence-corrected chi connectivity index (χ2v) is 9.67. The standard InChI is InChI=1S/C19H27N3O3S/c1-5-17-20-11-18(21-17)26(23,24)22-12-15(14-9-7-6-8-10-14)25-16(13-22)19(2,3)4/h6-11,15-16H,5,12-13H2,1-4H3,(H,20,21)/t15-,16+/m0/s1. The fourth-order valence-electron chi connectivity index (χ4n) is 3.05. The number of rotatable bonds is 4. The van der Waals surface area contributed by atoms with Crippen molar-refractivity contribution in [3.05, 3.63) is 47.9 Å². The van der Waals surface area contributed by atoms with Gasteiger partial charge in [-0.05, 0) is 11.0 Å². The third kappa shape index (κ3) is 3.84. The Bertz CT molecular complexity index is 840. The molecule has 3 rings (SSSR count). The SMILES string of the molecule is CCc1ncc(S(=O)(=O)N2C[C@@H](c3ccccc3)O[C@@H](C(C)(C)C)C2)[nH]1. The molecule has 2 atom stereocenters. The summed E-state index contributed by atoms with van der Waals surface area (Å²) in [7, 11) is -3.65. The number of nitrogens with one attached hydrogen (secondary N) is 1. The van der Waals surface area contributed by atoms with Crippen LogP contribution in [0.25, 0.3) is 0 Å². The number of morpholine rings is 1. The van der Waals surface area contributed by atoms with E-state index in [0.29, 0.717) is 25.3 Å². The highest BCUT2D eigenvalue weighted by Crippen LogP contribution is 2.35. The molecule has 1 saturated heterocycles. The zero-order chi connectivity index (χ0) is 18.9. The van der Waals surface area contributed by atoms with E-state index in [4.69, 9.17) is 4.74 Å². The van der Waals surface area contributed by atoms with Crippen LogP contribution >= 0.6 is 0 Å². The Labute approximate surface area is 155 Å². The van der Waals surface area contributed by atoms with E-state index >= 15 is 0 Å². The number of H-pyrrole nitrogens is 1. The third-order valence-electron chi connectivity index (χ3n) is 4.76. The van der Waals surface area contributed by atoms with Crippen molar-refractivity contribution in [3.8, 4) is 0 Å². The number of hydrogen-bond acceptors (Lipinski definition) is 4. The summed E-state index contributed by atoms with van der Waals surface area (Å²) in [6.45, 7) is 8.77. The van der Waals surface area contributed by atoms with E-state index in [1.54, 1.807) is 0 Å². The normalized spacial score (nSPS) is 22.5. The van der Waals surface area contributed by atoms with Gasteiger partial charge in [-0.3, -0.25) is 0 Å². The smallest absolute Gasteiger partial charge is 0.260 e. The first-order valence-corrected chi connectivity index (χ1v) is 10.4. The molecule has 0 spiro atoms. The van der Waals surface area contributed by atoms with Crippen molar-refractivity contribution >= 4 is 10.0 Å². The van der Waals surface area contributed by atoms with Crippen molar-refractivity contribution in [1.29, 1.82) is 0 Å². The van der Waals surface area contributed by atoms with Crippen LogP contribution in [-0.4, -0.2) is 41.9 Å². The minimum absolute atomic E-state index is 0.149. The molecule has 0 radical (unpaired) electrons. The van der Waals surface area contributed by atoms with Crippen molar-refractivity contribution in [2.45, 2.75) is 51.3 Å². The Hall–Kier alpha value is -1.70. The Kier molecular flexibility index (Phi) is 5.23. The van der Waals surface area contributed by atoms with E-state index in [1.807, 2.05) is 37.3 Å². The van der Waals surface area contributed by atoms with Gasteiger partial charge in [-0.2, -0.15) is 4.31 Å². The topological polar surface area (TPSA) is 75.3 Å². The second-order valence-electron chi connectivity index (χ2n) is 7.76. The van der Waals surface area contributed by atoms with Crippen molar-refractivity contribution in [2.75, 3.05) is 13.1 Å². The van der Waals surface area contributed by atoms with Gasteiger partial charge in [-0.25, -0.2) is 13.4 Å². The minimum Gasteiger partial charge on any atom is -0.367 e. The molecule has 142 valence electrons. The molecule has 1 N–H and O–H groups in total. The first-order chi connectivity index (χ1) is 12.2. The lowest BCUT2D eigenvalue weighted by Gasteiger charge is -2.42. The van der Waals surface area contributed by atoms with Gasteiger partial charge in [0, 0.05) is 19.5 Å². The largest absolute Gasteiger partial charge is 0.367 e. The van der Waals surface area contributed by atoms with Gasteiger partial charge in [-0.15, -0.1) is 0 Å². The number of sulfonamides is 1. The number of benzene rings is 1. The number of hydrogen-bond donors (Lipinski definition) is 1. The number of aryl methyl sites for hydroxylation is 1. The highest BCUT2D eigenvalue weighted by Gasteiger charge is 2.41. The van der Waals surface area contributed by atoms with Gasteiger partial charge in [0.05, 0.1) is 18.4 Å². The van der Waals surface area contributed by atoms with Crippen molar-refractivity contribution in [2.24, 2.45) is 5.41 Å². The third-order valence-corrected chi connectivity index (χ3v) is 6.50. The molecule has 1 aromatic heterocycles. The molecule has 6 nitrogen and oxygen atoms in total. The van der Waals surface area contributed by atoms with E-state index in [1.165, 1.54) is 10.5 Å². The monoisotopic (exact) mass is 377 g/mol. The molecule has 7 heteroatoms. The summed E-state index contributed by atoms with van der Waals surface area (Å²) in [4.78, 5) is 7.08.